The minimum absolute atomic E-state index is 0.0886. The van der Waals surface area contributed by atoms with E-state index in [2.05, 4.69) is 38.3 Å². The number of carbonyl (C=O) groups is 1. The molecule has 2 rings (SSSR count). The second-order valence-corrected chi connectivity index (χ2v) is 6.70. The monoisotopic (exact) mass is 277 g/mol. The van der Waals surface area contributed by atoms with Gasteiger partial charge in [0, 0.05) is 43.1 Å². The van der Waals surface area contributed by atoms with E-state index in [1.807, 2.05) is 0 Å². The molecule has 0 fully saturated rings. The fraction of sp³-hybridized carbons (Fsp3) is 0.706. The van der Waals surface area contributed by atoms with Crippen LogP contribution in [0.2, 0.25) is 0 Å². The summed E-state index contributed by atoms with van der Waals surface area (Å²) in [7, 11) is 0. The van der Waals surface area contributed by atoms with E-state index in [0.29, 0.717) is 12.2 Å². The molecule has 20 heavy (non-hydrogen) atoms. The minimum Gasteiger partial charge on any atom is -0.381 e. The van der Waals surface area contributed by atoms with Crippen LogP contribution >= 0.6 is 0 Å². The van der Waals surface area contributed by atoms with Crippen molar-refractivity contribution in [2.24, 2.45) is 5.41 Å². The Bertz CT molecular complexity index is 485. The first-order valence-electron chi connectivity index (χ1n) is 7.74. The largest absolute Gasteiger partial charge is 0.381 e. The van der Waals surface area contributed by atoms with E-state index in [1.54, 1.807) is 0 Å². The predicted octanol–water partition coefficient (Wildman–Crippen LogP) is 3.77. The van der Waals surface area contributed by atoms with Gasteiger partial charge in [0.05, 0.1) is 0 Å². The Kier molecular flexibility index (Phi) is 4.69. The average Bonchev–Trinajstić information content (AvgIpc) is 2.65. The number of Topliss-reactive ketones (excluding diaryl/α,β-unsaturated/α-hetero) is 1. The van der Waals surface area contributed by atoms with Crippen molar-refractivity contribution in [3.63, 3.8) is 0 Å². The topological polar surface area (TPSA) is 31.2 Å². The molecule has 0 aromatic carbocycles. The predicted molar refractivity (Wildman–Crippen MR) is 81.3 cm³/mol. The molecule has 1 aromatic heterocycles. The molecule has 1 heterocycles. The number of aryl methyl sites for hydroxylation is 1. The number of rotatable bonds is 6. The Balaban J connectivity index is 2.09. The maximum Gasteiger partial charge on any atom is 0.165 e. The summed E-state index contributed by atoms with van der Waals surface area (Å²) in [6.45, 7) is 11.2. The van der Waals surface area contributed by atoms with E-state index in [-0.39, 0.29) is 5.41 Å². The second kappa shape index (κ2) is 6.13. The molecule has 0 N–H and O–H groups in total. The van der Waals surface area contributed by atoms with E-state index in [1.165, 1.54) is 11.4 Å². The summed E-state index contributed by atoms with van der Waals surface area (Å²) in [6.07, 6.45) is 3.75. The van der Waals surface area contributed by atoms with Gasteiger partial charge < -0.3 is 9.30 Å². The number of nitrogens with zero attached hydrogens (tertiary/aromatic N) is 1. The highest BCUT2D eigenvalue weighted by Crippen LogP contribution is 2.36. The number of hydrogen-bond acceptors (Lipinski definition) is 2. The van der Waals surface area contributed by atoms with Crippen LogP contribution in [0.5, 0.6) is 0 Å². The highest BCUT2D eigenvalue weighted by atomic mass is 16.5. The molecule has 0 atom stereocenters. The van der Waals surface area contributed by atoms with Gasteiger partial charge in [-0.25, -0.2) is 0 Å². The standard InChI is InChI=1S/C17H27NO2/c1-5-8-20-9-6-7-18-13(2)10-14-15(18)11-17(3,4)12-16(14)19/h10H,5-9,11-12H2,1-4H3. The molecule has 0 spiro atoms. The minimum atomic E-state index is 0.0886. The van der Waals surface area contributed by atoms with E-state index in [4.69, 9.17) is 4.74 Å². The summed E-state index contributed by atoms with van der Waals surface area (Å²) in [5.74, 6) is 0.306. The van der Waals surface area contributed by atoms with Gasteiger partial charge in [0.2, 0.25) is 0 Å². The van der Waals surface area contributed by atoms with Crippen molar-refractivity contribution in [1.82, 2.24) is 4.57 Å². The molecule has 0 saturated heterocycles. The van der Waals surface area contributed by atoms with Gasteiger partial charge in [-0.05, 0) is 37.7 Å². The lowest BCUT2D eigenvalue weighted by molar-refractivity contribution is 0.0909. The van der Waals surface area contributed by atoms with Crippen LogP contribution in [0, 0.1) is 12.3 Å². The smallest absolute Gasteiger partial charge is 0.165 e. The van der Waals surface area contributed by atoms with Crippen molar-refractivity contribution in [2.75, 3.05) is 13.2 Å². The van der Waals surface area contributed by atoms with Crippen LogP contribution in [0.25, 0.3) is 0 Å². The lowest BCUT2D eigenvalue weighted by Crippen LogP contribution is -2.28. The van der Waals surface area contributed by atoms with Gasteiger partial charge in [-0.2, -0.15) is 0 Å². The highest BCUT2D eigenvalue weighted by molar-refractivity contribution is 5.99. The summed E-state index contributed by atoms with van der Waals surface area (Å²) < 4.78 is 7.87. The maximum absolute atomic E-state index is 12.2. The molecular formula is C17H27NO2. The van der Waals surface area contributed by atoms with E-state index >= 15 is 0 Å². The van der Waals surface area contributed by atoms with Crippen molar-refractivity contribution in [3.05, 3.63) is 23.0 Å². The van der Waals surface area contributed by atoms with E-state index in [0.717, 1.165) is 44.6 Å². The summed E-state index contributed by atoms with van der Waals surface area (Å²) in [5, 5.41) is 0. The molecule has 0 unspecified atom stereocenters. The number of hydrogen-bond donors (Lipinski definition) is 0. The molecule has 0 radical (unpaired) electrons. The Morgan fingerprint density at radius 3 is 2.75 bits per heavy atom. The Morgan fingerprint density at radius 1 is 1.30 bits per heavy atom. The van der Waals surface area contributed by atoms with Crippen molar-refractivity contribution in [1.29, 1.82) is 0 Å². The number of fused-ring (bicyclic) bond motifs is 1. The molecule has 1 aliphatic carbocycles. The van der Waals surface area contributed by atoms with Gasteiger partial charge in [-0.3, -0.25) is 4.79 Å². The van der Waals surface area contributed by atoms with Crippen molar-refractivity contribution in [3.8, 4) is 0 Å². The fourth-order valence-electron chi connectivity index (χ4n) is 3.09. The SMILES string of the molecule is CCCOCCCn1c(C)cc2c1CC(C)(C)CC2=O. The van der Waals surface area contributed by atoms with Crippen LogP contribution in [0.4, 0.5) is 0 Å². The van der Waals surface area contributed by atoms with Crippen LogP contribution in [0.3, 0.4) is 0 Å². The van der Waals surface area contributed by atoms with Crippen LogP contribution < -0.4 is 0 Å². The van der Waals surface area contributed by atoms with Crippen molar-refractivity contribution in [2.45, 2.75) is 59.9 Å². The van der Waals surface area contributed by atoms with Crippen molar-refractivity contribution < 1.29 is 9.53 Å². The maximum atomic E-state index is 12.2. The molecule has 0 aliphatic heterocycles. The van der Waals surface area contributed by atoms with E-state index in [9.17, 15) is 4.79 Å². The van der Waals surface area contributed by atoms with Crippen molar-refractivity contribution >= 4 is 5.78 Å². The summed E-state index contributed by atoms with van der Waals surface area (Å²) in [4.78, 5) is 12.2. The van der Waals surface area contributed by atoms with Gasteiger partial charge in [-0.1, -0.05) is 20.8 Å². The fourth-order valence-corrected chi connectivity index (χ4v) is 3.09. The molecule has 3 nitrogen and oxygen atoms in total. The van der Waals surface area contributed by atoms with Crippen LogP contribution in [-0.4, -0.2) is 23.6 Å². The zero-order valence-corrected chi connectivity index (χ0v) is 13.3. The second-order valence-electron chi connectivity index (χ2n) is 6.70. The molecular weight excluding hydrogens is 250 g/mol. The zero-order chi connectivity index (χ0) is 14.8. The molecule has 0 bridgehead atoms. The molecule has 3 heteroatoms. The summed E-state index contributed by atoms with van der Waals surface area (Å²) in [5.41, 5.74) is 3.48. The Morgan fingerprint density at radius 2 is 2.05 bits per heavy atom. The lowest BCUT2D eigenvalue weighted by Gasteiger charge is -2.29. The van der Waals surface area contributed by atoms with Gasteiger partial charge in [0.1, 0.15) is 0 Å². The molecule has 0 amide bonds. The molecule has 0 saturated carbocycles. The first-order chi connectivity index (χ1) is 9.44. The van der Waals surface area contributed by atoms with Crippen LogP contribution in [-0.2, 0) is 17.7 Å². The first-order valence-corrected chi connectivity index (χ1v) is 7.74. The molecule has 1 aromatic rings. The lowest BCUT2D eigenvalue weighted by atomic mass is 9.76. The van der Waals surface area contributed by atoms with Gasteiger partial charge >= 0.3 is 0 Å². The Labute approximate surface area is 122 Å². The van der Waals surface area contributed by atoms with E-state index < -0.39 is 0 Å². The third-order valence-electron chi connectivity index (χ3n) is 4.02. The van der Waals surface area contributed by atoms with Gasteiger partial charge in [0.15, 0.2) is 5.78 Å². The summed E-state index contributed by atoms with van der Waals surface area (Å²) >= 11 is 0. The van der Waals surface area contributed by atoms with Crippen LogP contribution in [0.1, 0.15) is 61.8 Å². The summed E-state index contributed by atoms with van der Waals surface area (Å²) in [6, 6.07) is 2.07. The Hall–Kier alpha value is -1.09. The molecule has 112 valence electrons. The zero-order valence-electron chi connectivity index (χ0n) is 13.3. The number of carbonyl (C=O) groups excluding carboxylic acids is 1. The number of ether oxygens (including phenoxy) is 1. The first kappa shape index (κ1) is 15.3. The molecule has 1 aliphatic rings. The average molecular weight is 277 g/mol. The quantitative estimate of drug-likeness (QED) is 0.741. The normalized spacial score (nSPS) is 17.3. The third kappa shape index (κ3) is 3.32. The highest BCUT2D eigenvalue weighted by Gasteiger charge is 2.33. The number of ketones is 1. The van der Waals surface area contributed by atoms with Gasteiger partial charge in [0.25, 0.3) is 0 Å². The van der Waals surface area contributed by atoms with Crippen LogP contribution in [0.15, 0.2) is 6.07 Å². The third-order valence-corrected chi connectivity index (χ3v) is 4.02. The number of aromatic nitrogens is 1. The van der Waals surface area contributed by atoms with Gasteiger partial charge in [-0.15, -0.1) is 0 Å².